The summed E-state index contributed by atoms with van der Waals surface area (Å²) in [5.41, 5.74) is 0. The van der Waals surface area contributed by atoms with Crippen LogP contribution < -0.4 is 0 Å². The molecule has 9 heteroatoms. The molecule has 0 unspecified atom stereocenters. The van der Waals surface area contributed by atoms with Gasteiger partial charge in [0.05, 0.1) is 6.61 Å². The Morgan fingerprint density at radius 2 is 1.02 bits per heavy atom. The maximum Gasteiger partial charge on any atom is 0.469 e. The average Bonchev–Trinajstić information content (AvgIpc) is 2.98. The van der Waals surface area contributed by atoms with E-state index in [1.807, 2.05) is 0 Å². The summed E-state index contributed by atoms with van der Waals surface area (Å²) in [6.45, 7) is 3.59. The van der Waals surface area contributed by atoms with Crippen molar-refractivity contribution in [3.05, 3.63) is 36.5 Å². The number of unbranched alkanes of at least 4 members (excludes halogenated alkanes) is 15. The molecular weight excluding hydrogens is 579 g/mol. The van der Waals surface area contributed by atoms with Gasteiger partial charge in [0.25, 0.3) is 0 Å². The molecule has 0 aliphatic carbocycles. The number of carbonyl (C=O) groups excluding carboxylic acids is 2. The number of rotatable bonds is 31. The largest absolute Gasteiger partial charge is 0.469 e. The van der Waals surface area contributed by atoms with Gasteiger partial charge in [0.2, 0.25) is 0 Å². The molecule has 1 atom stereocenters. The quantitative estimate of drug-likeness (QED) is 0.0332. The minimum absolute atomic E-state index is 0.164. The second-order valence-corrected chi connectivity index (χ2v) is 12.7. The Bertz CT molecular complexity index is 818. The second-order valence-electron chi connectivity index (χ2n) is 11.5. The van der Waals surface area contributed by atoms with Crippen LogP contribution in [0.5, 0.6) is 0 Å². The number of ether oxygens (including phenoxy) is 2. The first kappa shape index (κ1) is 42.3. The number of hydrogen-bond acceptors (Lipinski definition) is 6. The molecule has 0 radical (unpaired) electrons. The second kappa shape index (κ2) is 31.3. The Hall–Kier alpha value is -1.73. The van der Waals surface area contributed by atoms with Gasteiger partial charge in [0, 0.05) is 12.8 Å². The van der Waals surface area contributed by atoms with Crippen molar-refractivity contribution in [2.45, 2.75) is 161 Å². The number of allylic oxidation sites excluding steroid dienone is 6. The summed E-state index contributed by atoms with van der Waals surface area (Å²) in [4.78, 5) is 42.5. The predicted molar refractivity (Wildman–Crippen MR) is 179 cm³/mol. The van der Waals surface area contributed by atoms with Gasteiger partial charge in [0.1, 0.15) is 6.61 Å². The fourth-order valence-corrected chi connectivity index (χ4v) is 4.91. The van der Waals surface area contributed by atoms with E-state index in [2.05, 4.69) is 54.8 Å². The molecule has 0 saturated carbocycles. The van der Waals surface area contributed by atoms with Crippen LogP contribution in [0, 0.1) is 0 Å². The van der Waals surface area contributed by atoms with Gasteiger partial charge in [-0.25, -0.2) is 4.57 Å². The van der Waals surface area contributed by atoms with Crippen LogP contribution in [0.2, 0.25) is 0 Å². The van der Waals surface area contributed by atoms with Gasteiger partial charge in [-0.1, -0.05) is 127 Å². The van der Waals surface area contributed by atoms with Crippen molar-refractivity contribution in [1.82, 2.24) is 0 Å². The number of hydrogen-bond donors (Lipinski definition) is 2. The molecule has 0 aromatic carbocycles. The Balaban J connectivity index is 4.09. The molecule has 256 valence electrons. The highest BCUT2D eigenvalue weighted by Gasteiger charge is 2.22. The van der Waals surface area contributed by atoms with Crippen LogP contribution in [0.15, 0.2) is 36.5 Å². The molecule has 0 bridgehead atoms. The molecule has 0 amide bonds. The maximum atomic E-state index is 12.3. The summed E-state index contributed by atoms with van der Waals surface area (Å²) < 4.78 is 26.2. The normalized spacial score (nSPS) is 12.9. The first-order valence-electron chi connectivity index (χ1n) is 17.3. The van der Waals surface area contributed by atoms with E-state index in [9.17, 15) is 14.2 Å². The zero-order valence-electron chi connectivity index (χ0n) is 27.8. The summed E-state index contributed by atoms with van der Waals surface area (Å²) in [7, 11) is -4.75. The van der Waals surface area contributed by atoms with Gasteiger partial charge in [-0.2, -0.15) is 0 Å². The lowest BCUT2D eigenvalue weighted by Gasteiger charge is -2.18. The van der Waals surface area contributed by atoms with Gasteiger partial charge < -0.3 is 19.3 Å². The van der Waals surface area contributed by atoms with Crippen molar-refractivity contribution in [3.63, 3.8) is 0 Å². The predicted octanol–water partition coefficient (Wildman–Crippen LogP) is 9.84. The Morgan fingerprint density at radius 1 is 0.591 bits per heavy atom. The third-order valence-corrected chi connectivity index (χ3v) is 7.65. The summed E-state index contributed by atoms with van der Waals surface area (Å²) in [5.74, 6) is -0.931. The van der Waals surface area contributed by atoms with E-state index in [0.717, 1.165) is 51.4 Å². The monoisotopic (exact) mass is 642 g/mol. The van der Waals surface area contributed by atoms with Crippen molar-refractivity contribution >= 4 is 19.8 Å². The van der Waals surface area contributed by atoms with Crippen LogP contribution >= 0.6 is 7.82 Å². The third kappa shape index (κ3) is 33.2. The van der Waals surface area contributed by atoms with E-state index in [-0.39, 0.29) is 19.4 Å². The van der Waals surface area contributed by atoms with E-state index in [0.29, 0.717) is 6.42 Å². The van der Waals surface area contributed by atoms with Crippen LogP contribution in [0.3, 0.4) is 0 Å². The van der Waals surface area contributed by atoms with Crippen LogP contribution in [0.25, 0.3) is 0 Å². The lowest BCUT2D eigenvalue weighted by Crippen LogP contribution is -2.29. The lowest BCUT2D eigenvalue weighted by molar-refractivity contribution is -0.161. The molecule has 0 fully saturated rings. The van der Waals surface area contributed by atoms with E-state index in [1.165, 1.54) is 70.6 Å². The topological polar surface area (TPSA) is 119 Å². The van der Waals surface area contributed by atoms with Gasteiger partial charge >= 0.3 is 19.8 Å². The molecule has 2 N–H and O–H groups in total. The van der Waals surface area contributed by atoms with Crippen LogP contribution in [-0.4, -0.2) is 41.0 Å². The molecule has 0 rings (SSSR count). The molecule has 8 nitrogen and oxygen atoms in total. The van der Waals surface area contributed by atoms with E-state index in [4.69, 9.17) is 19.3 Å². The van der Waals surface area contributed by atoms with E-state index in [1.54, 1.807) is 0 Å². The van der Waals surface area contributed by atoms with Gasteiger partial charge in [-0.05, 0) is 51.4 Å². The highest BCUT2D eigenvalue weighted by atomic mass is 31.2. The minimum Gasteiger partial charge on any atom is -0.462 e. The third-order valence-electron chi connectivity index (χ3n) is 7.16. The molecule has 44 heavy (non-hydrogen) atoms. The summed E-state index contributed by atoms with van der Waals surface area (Å²) >= 11 is 0. The molecule has 0 aromatic heterocycles. The zero-order chi connectivity index (χ0) is 32.6. The molecule has 0 spiro atoms. The standard InChI is InChI=1S/C35H63O8P/c1-3-5-7-9-11-13-15-16-17-18-20-22-24-26-28-30-35(37)43-33(32-42-44(38,39)40)31-41-34(36)29-27-25-23-21-19-14-12-10-8-6-4-2/h11,13,16-17,20,22,33H,3-10,12,14-15,18-19,21,23-32H2,1-2H3,(H2,38,39,40)/b13-11-,17-16-,22-20-/t33-/m1/s1. The fourth-order valence-electron chi connectivity index (χ4n) is 4.55. The Morgan fingerprint density at radius 3 is 1.57 bits per heavy atom. The molecule has 0 heterocycles. The minimum atomic E-state index is -4.75. The molecular formula is C35H63O8P. The van der Waals surface area contributed by atoms with Crippen molar-refractivity contribution in [3.8, 4) is 0 Å². The average molecular weight is 643 g/mol. The Kier molecular flexibility index (Phi) is 30.0. The number of phosphoric ester groups is 1. The fraction of sp³-hybridized carbons (Fsp3) is 0.771. The molecule has 0 aliphatic rings. The highest BCUT2D eigenvalue weighted by Crippen LogP contribution is 2.35. The summed E-state index contributed by atoms with van der Waals surface area (Å²) in [6, 6.07) is 0. The zero-order valence-corrected chi connectivity index (χ0v) is 28.7. The first-order chi connectivity index (χ1) is 21.3. The van der Waals surface area contributed by atoms with Crippen LogP contribution in [0.4, 0.5) is 0 Å². The number of esters is 2. The lowest BCUT2D eigenvalue weighted by atomic mass is 10.1. The van der Waals surface area contributed by atoms with Crippen LogP contribution in [-0.2, 0) is 28.2 Å². The van der Waals surface area contributed by atoms with Gasteiger partial charge in [-0.3, -0.25) is 14.1 Å². The maximum absolute atomic E-state index is 12.3. The number of phosphoric acid groups is 1. The van der Waals surface area contributed by atoms with Crippen molar-refractivity contribution in [2.75, 3.05) is 13.2 Å². The van der Waals surface area contributed by atoms with Gasteiger partial charge in [0.15, 0.2) is 6.10 Å². The molecule has 0 aromatic rings. The molecule has 0 aliphatic heterocycles. The van der Waals surface area contributed by atoms with E-state index >= 15 is 0 Å². The smallest absolute Gasteiger partial charge is 0.462 e. The molecule has 0 saturated heterocycles. The van der Waals surface area contributed by atoms with Crippen molar-refractivity contribution in [1.29, 1.82) is 0 Å². The summed E-state index contributed by atoms with van der Waals surface area (Å²) in [6.07, 6.45) is 34.4. The first-order valence-corrected chi connectivity index (χ1v) is 18.8. The summed E-state index contributed by atoms with van der Waals surface area (Å²) in [5, 5.41) is 0. The van der Waals surface area contributed by atoms with Gasteiger partial charge in [-0.15, -0.1) is 0 Å². The highest BCUT2D eigenvalue weighted by molar-refractivity contribution is 7.46. The van der Waals surface area contributed by atoms with Crippen LogP contribution in [0.1, 0.15) is 155 Å². The number of carbonyl (C=O) groups is 2. The van der Waals surface area contributed by atoms with E-state index < -0.39 is 32.5 Å². The Labute approximate surface area is 268 Å². The SMILES string of the molecule is CCCCC/C=C\C/C=C\C/C=C\CCCCC(=O)O[C@H](COC(=O)CCCCCCCCCCCCC)COP(=O)(O)O. The van der Waals surface area contributed by atoms with Crippen molar-refractivity contribution < 1.29 is 37.9 Å². The van der Waals surface area contributed by atoms with Crippen molar-refractivity contribution in [2.24, 2.45) is 0 Å².